The molecule has 11 nitrogen and oxygen atoms in total. The Bertz CT molecular complexity index is 683. The molecular weight excluding hydrogens is 402 g/mol. The van der Waals surface area contributed by atoms with E-state index < -0.39 is 65.8 Å². The van der Waals surface area contributed by atoms with Crippen LogP contribution in [0.2, 0.25) is 0 Å². The molecule has 1 aliphatic rings. The van der Waals surface area contributed by atoms with Crippen LogP contribution < -0.4 is 5.32 Å². The quantitative estimate of drug-likeness (QED) is 0.458. The van der Waals surface area contributed by atoms with Gasteiger partial charge in [-0.3, -0.25) is 24.0 Å². The molecule has 1 amide bonds. The van der Waals surface area contributed by atoms with Crippen molar-refractivity contribution in [3.05, 3.63) is 0 Å². The lowest BCUT2D eigenvalue weighted by atomic mass is 9.93. The summed E-state index contributed by atoms with van der Waals surface area (Å²) < 4.78 is 26.5. The van der Waals surface area contributed by atoms with Gasteiger partial charge >= 0.3 is 23.9 Å². The Balaban J connectivity index is 3.37. The molecular formula is C19H29NO10. The normalized spacial score (nSPS) is 26.2. The van der Waals surface area contributed by atoms with E-state index in [0.29, 0.717) is 0 Å². The maximum atomic E-state index is 12.5. The fourth-order valence-electron chi connectivity index (χ4n) is 2.69. The molecule has 0 aromatic rings. The number of amides is 1. The predicted octanol–water partition coefficient (Wildman–Crippen LogP) is 0.232. The number of nitrogens with one attached hydrogen (secondary N) is 1. The molecule has 30 heavy (non-hydrogen) atoms. The van der Waals surface area contributed by atoms with Crippen LogP contribution in [-0.2, 0) is 47.7 Å². The lowest BCUT2D eigenvalue weighted by Gasteiger charge is -2.44. The van der Waals surface area contributed by atoms with E-state index in [-0.39, 0.29) is 6.61 Å². The number of carbonyl (C=O) groups excluding carboxylic acids is 5. The van der Waals surface area contributed by atoms with Crippen LogP contribution in [0, 0.1) is 5.41 Å². The van der Waals surface area contributed by atoms with Gasteiger partial charge in [-0.05, 0) is 0 Å². The van der Waals surface area contributed by atoms with Crippen molar-refractivity contribution in [2.45, 2.75) is 79.1 Å². The Morgan fingerprint density at radius 3 is 1.67 bits per heavy atom. The fourth-order valence-corrected chi connectivity index (χ4v) is 2.69. The van der Waals surface area contributed by atoms with E-state index in [9.17, 15) is 24.0 Å². The van der Waals surface area contributed by atoms with Gasteiger partial charge in [0, 0.05) is 33.1 Å². The van der Waals surface area contributed by atoms with E-state index >= 15 is 0 Å². The molecule has 5 atom stereocenters. The molecule has 170 valence electrons. The van der Waals surface area contributed by atoms with E-state index in [1.807, 2.05) is 0 Å². The maximum absolute atomic E-state index is 12.5. The molecule has 0 bridgehead atoms. The molecule has 1 N–H and O–H groups in total. The molecule has 1 saturated heterocycles. The van der Waals surface area contributed by atoms with Crippen LogP contribution in [0.25, 0.3) is 0 Å². The molecule has 0 unspecified atom stereocenters. The van der Waals surface area contributed by atoms with Crippen molar-refractivity contribution in [1.82, 2.24) is 5.32 Å². The Labute approximate surface area is 174 Å². The van der Waals surface area contributed by atoms with Gasteiger partial charge in [-0.25, -0.2) is 0 Å². The van der Waals surface area contributed by atoms with Gasteiger partial charge in [0.25, 0.3) is 0 Å². The van der Waals surface area contributed by atoms with Crippen LogP contribution in [0.1, 0.15) is 48.5 Å². The highest BCUT2D eigenvalue weighted by Crippen LogP contribution is 2.29. The van der Waals surface area contributed by atoms with Gasteiger partial charge in [-0.1, -0.05) is 20.8 Å². The zero-order valence-electron chi connectivity index (χ0n) is 18.2. The highest BCUT2D eigenvalue weighted by atomic mass is 16.7. The molecule has 0 aromatic carbocycles. The number of hydrogen-bond donors (Lipinski definition) is 1. The summed E-state index contributed by atoms with van der Waals surface area (Å²) in [6.45, 7) is 9.17. The van der Waals surface area contributed by atoms with Gasteiger partial charge in [0.1, 0.15) is 12.7 Å². The van der Waals surface area contributed by atoms with E-state index in [1.165, 1.54) is 6.92 Å². The average molecular weight is 431 g/mol. The summed E-state index contributed by atoms with van der Waals surface area (Å²) in [6.07, 6.45) is -6.29. The number of hydrogen-bond acceptors (Lipinski definition) is 10. The van der Waals surface area contributed by atoms with Gasteiger partial charge in [-0.15, -0.1) is 0 Å². The SMILES string of the molecule is CC(=O)OC[C@H]1O[C@H](NC(=O)C(C)(C)C)[C@H](OC(C)=O)[C@@H](OC(C)=O)[C@@H]1OC(C)=O. The van der Waals surface area contributed by atoms with Gasteiger partial charge in [0.2, 0.25) is 5.91 Å². The average Bonchev–Trinajstić information content (AvgIpc) is 2.56. The zero-order valence-corrected chi connectivity index (χ0v) is 18.2. The summed E-state index contributed by atoms with van der Waals surface area (Å²) in [5.74, 6) is -3.28. The molecule has 0 spiro atoms. The van der Waals surface area contributed by atoms with Crippen LogP contribution >= 0.6 is 0 Å². The summed E-state index contributed by atoms with van der Waals surface area (Å²) in [5, 5.41) is 2.60. The van der Waals surface area contributed by atoms with Crippen LogP contribution in [-0.4, -0.2) is 67.0 Å². The first-order valence-electron chi connectivity index (χ1n) is 9.33. The monoisotopic (exact) mass is 431 g/mol. The minimum atomic E-state index is -1.32. The summed E-state index contributed by atoms with van der Waals surface area (Å²) in [6, 6.07) is 0. The minimum Gasteiger partial charge on any atom is -0.463 e. The third kappa shape index (κ3) is 7.62. The Morgan fingerprint density at radius 2 is 1.23 bits per heavy atom. The van der Waals surface area contributed by atoms with Gasteiger partial charge < -0.3 is 29.0 Å². The topological polar surface area (TPSA) is 144 Å². The van der Waals surface area contributed by atoms with Gasteiger partial charge in [-0.2, -0.15) is 0 Å². The van der Waals surface area contributed by atoms with Crippen molar-refractivity contribution in [3.8, 4) is 0 Å². The molecule has 0 aromatic heterocycles. The fraction of sp³-hybridized carbons (Fsp3) is 0.737. The Morgan fingerprint density at radius 1 is 0.767 bits per heavy atom. The van der Waals surface area contributed by atoms with Crippen molar-refractivity contribution in [1.29, 1.82) is 0 Å². The third-order valence-electron chi connectivity index (χ3n) is 3.95. The summed E-state index contributed by atoms with van der Waals surface area (Å²) in [5.41, 5.74) is -0.820. The van der Waals surface area contributed by atoms with Crippen molar-refractivity contribution in [2.75, 3.05) is 6.61 Å². The zero-order chi connectivity index (χ0) is 23.2. The summed E-state index contributed by atoms with van der Waals surface area (Å²) in [7, 11) is 0. The van der Waals surface area contributed by atoms with Crippen molar-refractivity contribution >= 4 is 29.8 Å². The number of carbonyl (C=O) groups is 5. The lowest BCUT2D eigenvalue weighted by molar-refractivity contribution is -0.257. The minimum absolute atomic E-state index is 0.361. The standard InChI is InChI=1S/C19H29NO10/c1-9(21)26-8-13-14(27-10(2)22)15(28-11(3)23)16(29-12(4)24)17(30-13)20-18(25)19(5,6)7/h13-17H,8H2,1-7H3,(H,20,25)/t13-,14-,15+,16-,17+/m1/s1. The van der Waals surface area contributed by atoms with E-state index in [1.54, 1.807) is 20.8 Å². The van der Waals surface area contributed by atoms with Crippen molar-refractivity contribution < 1.29 is 47.7 Å². The second-order valence-electron chi connectivity index (χ2n) is 7.84. The van der Waals surface area contributed by atoms with E-state index in [4.69, 9.17) is 23.7 Å². The van der Waals surface area contributed by atoms with Crippen molar-refractivity contribution in [2.24, 2.45) is 5.41 Å². The molecule has 1 heterocycles. The molecule has 1 fully saturated rings. The van der Waals surface area contributed by atoms with Gasteiger partial charge in [0.05, 0.1) is 0 Å². The largest absolute Gasteiger partial charge is 0.463 e. The Hall–Kier alpha value is -2.69. The first kappa shape index (κ1) is 25.3. The van der Waals surface area contributed by atoms with E-state index in [0.717, 1.165) is 20.8 Å². The third-order valence-corrected chi connectivity index (χ3v) is 3.95. The number of ether oxygens (including phenoxy) is 5. The molecule has 11 heteroatoms. The number of rotatable bonds is 6. The lowest BCUT2D eigenvalue weighted by Crippen LogP contribution is -2.66. The highest BCUT2D eigenvalue weighted by molar-refractivity contribution is 5.81. The molecule has 0 aliphatic carbocycles. The van der Waals surface area contributed by atoms with Crippen LogP contribution in [0.15, 0.2) is 0 Å². The van der Waals surface area contributed by atoms with Crippen LogP contribution in [0.4, 0.5) is 0 Å². The summed E-state index contributed by atoms with van der Waals surface area (Å²) >= 11 is 0. The van der Waals surface area contributed by atoms with Crippen LogP contribution in [0.5, 0.6) is 0 Å². The highest BCUT2D eigenvalue weighted by Gasteiger charge is 2.53. The first-order valence-corrected chi connectivity index (χ1v) is 9.33. The molecule has 0 radical (unpaired) electrons. The van der Waals surface area contributed by atoms with Crippen molar-refractivity contribution in [3.63, 3.8) is 0 Å². The first-order chi connectivity index (χ1) is 13.7. The van der Waals surface area contributed by atoms with E-state index in [2.05, 4.69) is 5.32 Å². The van der Waals surface area contributed by atoms with Gasteiger partial charge in [0.15, 0.2) is 24.5 Å². The maximum Gasteiger partial charge on any atom is 0.303 e. The molecule has 1 rings (SSSR count). The second-order valence-corrected chi connectivity index (χ2v) is 7.84. The molecule has 1 aliphatic heterocycles. The van der Waals surface area contributed by atoms with Crippen LogP contribution in [0.3, 0.4) is 0 Å². The molecule has 0 saturated carbocycles. The predicted molar refractivity (Wildman–Crippen MR) is 99.6 cm³/mol. The summed E-state index contributed by atoms with van der Waals surface area (Å²) in [4.78, 5) is 58.8. The number of esters is 4. The smallest absolute Gasteiger partial charge is 0.303 e. The Kier molecular flexibility index (Phi) is 8.76. The second kappa shape index (κ2) is 10.4.